The minimum absolute atomic E-state index is 0.0884. The summed E-state index contributed by atoms with van der Waals surface area (Å²) in [5.41, 5.74) is 1.85. The van der Waals surface area contributed by atoms with Crippen molar-refractivity contribution in [3.63, 3.8) is 0 Å². The van der Waals surface area contributed by atoms with Crippen LogP contribution in [0.3, 0.4) is 0 Å². The van der Waals surface area contributed by atoms with Crippen molar-refractivity contribution in [3.05, 3.63) is 77.7 Å². The molecule has 1 aromatic heterocycles. The summed E-state index contributed by atoms with van der Waals surface area (Å²) in [5, 5.41) is 0. The normalized spacial score (nSPS) is 15.0. The van der Waals surface area contributed by atoms with Crippen LogP contribution in [-0.4, -0.2) is 46.9 Å². The van der Waals surface area contributed by atoms with E-state index in [1.54, 1.807) is 23.3 Å². The molecule has 1 aliphatic heterocycles. The molecule has 1 amide bonds. The lowest BCUT2D eigenvalue weighted by atomic mass is 10.1. The Morgan fingerprint density at radius 2 is 1.75 bits per heavy atom. The molecule has 144 valence electrons. The highest BCUT2D eigenvalue weighted by Crippen LogP contribution is 2.20. The van der Waals surface area contributed by atoms with Crippen LogP contribution in [0.2, 0.25) is 0 Å². The molecule has 0 spiro atoms. The Kier molecular flexibility index (Phi) is 5.16. The molecule has 1 fully saturated rings. The zero-order valence-corrected chi connectivity index (χ0v) is 15.1. The number of hydrogen-bond acceptors (Lipinski definition) is 4. The number of oxazole rings is 1. The number of aromatic nitrogens is 1. The summed E-state index contributed by atoms with van der Waals surface area (Å²) in [6.45, 7) is 3.18. The van der Waals surface area contributed by atoms with Crippen molar-refractivity contribution in [3.8, 4) is 11.5 Å². The van der Waals surface area contributed by atoms with E-state index in [1.165, 1.54) is 36.4 Å². The summed E-state index contributed by atoms with van der Waals surface area (Å²) >= 11 is 0. The third-order valence-electron chi connectivity index (χ3n) is 4.76. The maximum absolute atomic E-state index is 13.3. The first-order valence-electron chi connectivity index (χ1n) is 9.06. The minimum Gasteiger partial charge on any atom is -0.444 e. The lowest BCUT2D eigenvalue weighted by Gasteiger charge is -2.34. The van der Waals surface area contributed by atoms with E-state index in [4.69, 9.17) is 4.42 Å². The molecule has 28 heavy (non-hydrogen) atoms. The van der Waals surface area contributed by atoms with Gasteiger partial charge in [-0.05, 0) is 42.5 Å². The molecule has 1 aliphatic rings. The number of benzene rings is 2. The van der Waals surface area contributed by atoms with Gasteiger partial charge in [0.2, 0.25) is 5.89 Å². The Balaban J connectivity index is 1.33. The van der Waals surface area contributed by atoms with Gasteiger partial charge in [-0.2, -0.15) is 0 Å². The lowest BCUT2D eigenvalue weighted by molar-refractivity contribution is 0.0627. The molecule has 2 aromatic carbocycles. The van der Waals surface area contributed by atoms with E-state index in [9.17, 15) is 13.6 Å². The molecular weight excluding hydrogens is 364 g/mol. The van der Waals surface area contributed by atoms with Crippen molar-refractivity contribution in [2.45, 2.75) is 6.54 Å². The molecule has 0 atom stereocenters. The van der Waals surface area contributed by atoms with Gasteiger partial charge in [0.05, 0.1) is 5.69 Å². The summed E-state index contributed by atoms with van der Waals surface area (Å²) in [6, 6.07) is 11.7. The van der Waals surface area contributed by atoms with Crippen molar-refractivity contribution in [1.29, 1.82) is 0 Å². The summed E-state index contributed by atoms with van der Waals surface area (Å²) in [7, 11) is 0. The molecule has 0 aliphatic carbocycles. The first-order valence-corrected chi connectivity index (χ1v) is 9.06. The first kappa shape index (κ1) is 18.3. The number of piperazine rings is 1. The largest absolute Gasteiger partial charge is 0.444 e. The Labute approximate surface area is 161 Å². The SMILES string of the molecule is O=C(c1ccc(F)cc1)N1CCN(Cc2coc(-c3cccc(F)c3)n2)CC1. The van der Waals surface area contributed by atoms with Gasteiger partial charge in [-0.1, -0.05) is 6.07 Å². The van der Waals surface area contributed by atoms with Gasteiger partial charge in [0.1, 0.15) is 17.9 Å². The Morgan fingerprint density at radius 3 is 2.46 bits per heavy atom. The average molecular weight is 383 g/mol. The third kappa shape index (κ3) is 4.09. The summed E-state index contributed by atoms with van der Waals surface area (Å²) in [5.74, 6) is -0.389. The van der Waals surface area contributed by atoms with Gasteiger partial charge in [0, 0.05) is 43.9 Å². The van der Waals surface area contributed by atoms with E-state index in [0.717, 1.165) is 5.69 Å². The highest BCUT2D eigenvalue weighted by Gasteiger charge is 2.23. The highest BCUT2D eigenvalue weighted by molar-refractivity contribution is 5.94. The van der Waals surface area contributed by atoms with Crippen LogP contribution in [0, 0.1) is 11.6 Å². The predicted molar refractivity (Wildman–Crippen MR) is 99.5 cm³/mol. The fourth-order valence-corrected chi connectivity index (χ4v) is 3.25. The molecule has 2 heterocycles. The number of carbonyl (C=O) groups is 1. The fraction of sp³-hybridized carbons (Fsp3) is 0.238. The monoisotopic (exact) mass is 383 g/mol. The second kappa shape index (κ2) is 7.90. The van der Waals surface area contributed by atoms with Gasteiger partial charge in [0.25, 0.3) is 5.91 Å². The van der Waals surface area contributed by atoms with Gasteiger partial charge >= 0.3 is 0 Å². The van der Waals surface area contributed by atoms with Gasteiger partial charge in [0.15, 0.2) is 0 Å². The van der Waals surface area contributed by atoms with Crippen LogP contribution in [0.15, 0.2) is 59.2 Å². The molecule has 7 heteroatoms. The van der Waals surface area contributed by atoms with Crippen LogP contribution in [0.25, 0.3) is 11.5 Å². The number of rotatable bonds is 4. The Hall–Kier alpha value is -3.06. The zero-order chi connectivity index (χ0) is 19.5. The Morgan fingerprint density at radius 1 is 1.00 bits per heavy atom. The second-order valence-corrected chi connectivity index (χ2v) is 6.73. The summed E-state index contributed by atoms with van der Waals surface area (Å²) in [6.07, 6.45) is 1.58. The van der Waals surface area contributed by atoms with Gasteiger partial charge < -0.3 is 9.32 Å². The molecule has 3 aromatic rings. The summed E-state index contributed by atoms with van der Waals surface area (Å²) in [4.78, 5) is 20.9. The minimum atomic E-state index is -0.355. The van der Waals surface area contributed by atoms with Crippen molar-refractivity contribution >= 4 is 5.91 Å². The molecule has 5 nitrogen and oxygen atoms in total. The fourth-order valence-electron chi connectivity index (χ4n) is 3.25. The molecule has 0 radical (unpaired) electrons. The van der Waals surface area contributed by atoms with Crippen LogP contribution in [0.5, 0.6) is 0 Å². The molecule has 1 saturated heterocycles. The van der Waals surface area contributed by atoms with Crippen molar-refractivity contribution in [2.24, 2.45) is 0 Å². The smallest absolute Gasteiger partial charge is 0.253 e. The van der Waals surface area contributed by atoms with E-state index in [0.29, 0.717) is 49.7 Å². The molecule has 0 bridgehead atoms. The second-order valence-electron chi connectivity index (χ2n) is 6.73. The van der Waals surface area contributed by atoms with Crippen LogP contribution in [-0.2, 0) is 6.54 Å². The molecule has 0 unspecified atom stereocenters. The Bertz CT molecular complexity index is 964. The maximum atomic E-state index is 13.3. The van der Waals surface area contributed by atoms with E-state index in [-0.39, 0.29) is 17.5 Å². The van der Waals surface area contributed by atoms with E-state index in [2.05, 4.69) is 9.88 Å². The average Bonchev–Trinajstić information content (AvgIpc) is 3.17. The van der Waals surface area contributed by atoms with Crippen molar-refractivity contribution < 1.29 is 18.0 Å². The molecule has 4 rings (SSSR count). The van der Waals surface area contributed by atoms with Crippen LogP contribution in [0.4, 0.5) is 8.78 Å². The first-order chi connectivity index (χ1) is 13.6. The molecular formula is C21H19F2N3O2. The lowest BCUT2D eigenvalue weighted by Crippen LogP contribution is -2.48. The number of carbonyl (C=O) groups excluding carboxylic acids is 1. The van der Waals surface area contributed by atoms with Crippen molar-refractivity contribution in [2.75, 3.05) is 26.2 Å². The molecule has 0 N–H and O–H groups in total. The van der Waals surface area contributed by atoms with Gasteiger partial charge in [-0.25, -0.2) is 13.8 Å². The van der Waals surface area contributed by atoms with Crippen LogP contribution < -0.4 is 0 Å². The number of hydrogen-bond donors (Lipinski definition) is 0. The van der Waals surface area contributed by atoms with Gasteiger partial charge in [-0.15, -0.1) is 0 Å². The number of nitrogens with zero attached hydrogens (tertiary/aromatic N) is 3. The third-order valence-corrected chi connectivity index (χ3v) is 4.76. The number of halogens is 2. The van der Waals surface area contributed by atoms with Gasteiger partial charge in [-0.3, -0.25) is 9.69 Å². The van der Waals surface area contributed by atoms with Crippen LogP contribution >= 0.6 is 0 Å². The highest BCUT2D eigenvalue weighted by atomic mass is 19.1. The predicted octanol–water partition coefficient (Wildman–Crippen LogP) is 3.58. The van der Waals surface area contributed by atoms with Crippen LogP contribution in [0.1, 0.15) is 16.1 Å². The maximum Gasteiger partial charge on any atom is 0.253 e. The zero-order valence-electron chi connectivity index (χ0n) is 15.1. The van der Waals surface area contributed by atoms with E-state index < -0.39 is 0 Å². The standard InChI is InChI=1S/C21H19F2N3O2/c22-17-6-4-15(5-7-17)21(27)26-10-8-25(9-11-26)13-19-14-28-20(24-19)16-2-1-3-18(23)12-16/h1-7,12,14H,8-11,13H2. The van der Waals surface area contributed by atoms with E-state index >= 15 is 0 Å². The molecule has 0 saturated carbocycles. The number of amides is 1. The summed E-state index contributed by atoms with van der Waals surface area (Å²) < 4.78 is 31.8. The quantitative estimate of drug-likeness (QED) is 0.691. The van der Waals surface area contributed by atoms with Crippen molar-refractivity contribution in [1.82, 2.24) is 14.8 Å². The van der Waals surface area contributed by atoms with E-state index in [1.807, 2.05) is 0 Å². The topological polar surface area (TPSA) is 49.6 Å².